The molecule has 1 unspecified atom stereocenters. The lowest BCUT2D eigenvalue weighted by atomic mass is 9.99. The third-order valence-electron chi connectivity index (χ3n) is 3.30. The largest absolute Gasteiger partial charge is 0.371 e. The molecular weight excluding hydrogens is 220 g/mol. The van der Waals surface area contributed by atoms with E-state index < -0.39 is 0 Å². The summed E-state index contributed by atoms with van der Waals surface area (Å²) >= 11 is 6.18. The number of hydrogen-bond acceptors (Lipinski definition) is 2. The molecule has 3 heteroatoms. The van der Waals surface area contributed by atoms with Crippen LogP contribution in [0, 0.1) is 5.92 Å². The topological polar surface area (TPSA) is 29.3 Å². The summed E-state index contributed by atoms with van der Waals surface area (Å²) in [5.74, 6) is 0.762. The molecule has 1 heterocycles. The Bertz CT molecular complexity index is 365. The van der Waals surface area contributed by atoms with E-state index in [0.717, 1.165) is 29.6 Å². The fraction of sp³-hybridized carbons (Fsp3) is 0.538. The average Bonchev–Trinajstić information content (AvgIpc) is 2.28. The van der Waals surface area contributed by atoms with Crippen LogP contribution in [0.3, 0.4) is 0 Å². The van der Waals surface area contributed by atoms with Gasteiger partial charge in [0.2, 0.25) is 0 Å². The highest BCUT2D eigenvalue weighted by atomic mass is 35.5. The van der Waals surface area contributed by atoms with Gasteiger partial charge in [-0.25, -0.2) is 0 Å². The first-order valence-electron chi connectivity index (χ1n) is 5.94. The molecule has 0 saturated carbocycles. The van der Waals surface area contributed by atoms with Gasteiger partial charge < -0.3 is 10.6 Å². The van der Waals surface area contributed by atoms with E-state index in [4.69, 9.17) is 17.3 Å². The summed E-state index contributed by atoms with van der Waals surface area (Å²) in [5.41, 5.74) is 8.09. The number of rotatable bonds is 2. The third-order valence-corrected chi connectivity index (χ3v) is 3.65. The zero-order valence-electron chi connectivity index (χ0n) is 9.75. The van der Waals surface area contributed by atoms with E-state index >= 15 is 0 Å². The Balaban J connectivity index is 2.28. The number of hydrogen-bond donors (Lipinski definition) is 1. The zero-order valence-corrected chi connectivity index (χ0v) is 10.5. The van der Waals surface area contributed by atoms with Crippen LogP contribution in [0.15, 0.2) is 18.2 Å². The molecule has 2 N–H and O–H groups in total. The van der Waals surface area contributed by atoms with Crippen molar-refractivity contribution in [2.45, 2.75) is 26.3 Å². The van der Waals surface area contributed by atoms with Crippen molar-refractivity contribution in [3.05, 3.63) is 28.8 Å². The normalized spacial score (nSPS) is 21.2. The molecule has 1 aliphatic rings. The predicted molar refractivity (Wildman–Crippen MR) is 70.0 cm³/mol. The first-order valence-corrected chi connectivity index (χ1v) is 6.32. The molecule has 0 amide bonds. The van der Waals surface area contributed by atoms with E-state index in [0.29, 0.717) is 6.54 Å². The lowest BCUT2D eigenvalue weighted by Crippen LogP contribution is -2.35. The summed E-state index contributed by atoms with van der Waals surface area (Å²) in [6, 6.07) is 6.06. The van der Waals surface area contributed by atoms with Gasteiger partial charge in [0, 0.05) is 35.9 Å². The van der Waals surface area contributed by atoms with E-state index in [-0.39, 0.29) is 0 Å². The summed E-state index contributed by atoms with van der Waals surface area (Å²) in [7, 11) is 0. The molecule has 1 aromatic carbocycles. The molecule has 0 aromatic heterocycles. The minimum atomic E-state index is 0.514. The van der Waals surface area contributed by atoms with E-state index in [1.165, 1.54) is 18.5 Å². The maximum absolute atomic E-state index is 6.18. The van der Waals surface area contributed by atoms with Crippen molar-refractivity contribution in [2.75, 3.05) is 18.0 Å². The van der Waals surface area contributed by atoms with E-state index in [2.05, 4.69) is 17.9 Å². The standard InChI is InChI=1S/C13H19ClN2/c1-10-4-3-7-16(9-10)13-6-2-5-12(14)11(13)8-15/h2,5-6,10H,3-4,7-9,15H2,1H3. The quantitative estimate of drug-likeness (QED) is 0.858. The maximum Gasteiger partial charge on any atom is 0.0471 e. The Morgan fingerprint density at radius 1 is 1.50 bits per heavy atom. The van der Waals surface area contributed by atoms with Crippen LogP contribution < -0.4 is 10.6 Å². The summed E-state index contributed by atoms with van der Waals surface area (Å²) in [6.45, 7) is 5.06. The molecule has 1 aliphatic heterocycles. The minimum Gasteiger partial charge on any atom is -0.371 e. The molecule has 0 aliphatic carbocycles. The molecule has 1 atom stereocenters. The van der Waals surface area contributed by atoms with Gasteiger partial charge in [-0.05, 0) is 30.9 Å². The fourth-order valence-electron chi connectivity index (χ4n) is 2.45. The van der Waals surface area contributed by atoms with Crippen LogP contribution in [0.5, 0.6) is 0 Å². The number of anilines is 1. The van der Waals surface area contributed by atoms with Crippen molar-refractivity contribution in [3.8, 4) is 0 Å². The van der Waals surface area contributed by atoms with Crippen LogP contribution in [0.4, 0.5) is 5.69 Å². The van der Waals surface area contributed by atoms with Crippen molar-refractivity contribution < 1.29 is 0 Å². The second-order valence-electron chi connectivity index (χ2n) is 4.64. The second-order valence-corrected chi connectivity index (χ2v) is 5.04. The number of piperidine rings is 1. The first-order chi connectivity index (χ1) is 7.72. The molecule has 0 radical (unpaired) electrons. The van der Waals surface area contributed by atoms with Crippen LogP contribution >= 0.6 is 11.6 Å². The number of benzene rings is 1. The molecule has 1 saturated heterocycles. The molecule has 16 heavy (non-hydrogen) atoms. The summed E-state index contributed by atoms with van der Waals surface area (Å²) in [6.07, 6.45) is 2.59. The van der Waals surface area contributed by atoms with E-state index in [9.17, 15) is 0 Å². The van der Waals surface area contributed by atoms with Gasteiger partial charge in [0.1, 0.15) is 0 Å². The molecule has 0 spiro atoms. The smallest absolute Gasteiger partial charge is 0.0471 e. The molecule has 1 fully saturated rings. The van der Waals surface area contributed by atoms with Gasteiger partial charge in [-0.3, -0.25) is 0 Å². The lowest BCUT2D eigenvalue weighted by Gasteiger charge is -2.34. The highest BCUT2D eigenvalue weighted by molar-refractivity contribution is 6.31. The zero-order chi connectivity index (χ0) is 11.5. The third kappa shape index (κ3) is 2.33. The van der Waals surface area contributed by atoms with E-state index in [1.807, 2.05) is 12.1 Å². The molecule has 88 valence electrons. The van der Waals surface area contributed by atoms with Crippen LogP contribution in [-0.2, 0) is 6.54 Å². The Morgan fingerprint density at radius 3 is 3.00 bits per heavy atom. The summed E-state index contributed by atoms with van der Waals surface area (Å²) in [4.78, 5) is 2.42. The van der Waals surface area contributed by atoms with Crippen molar-refractivity contribution in [1.82, 2.24) is 0 Å². The number of nitrogens with zero attached hydrogens (tertiary/aromatic N) is 1. The molecule has 0 bridgehead atoms. The SMILES string of the molecule is CC1CCCN(c2cccc(Cl)c2CN)C1. The van der Waals surface area contributed by atoms with Crippen molar-refractivity contribution in [3.63, 3.8) is 0 Å². The lowest BCUT2D eigenvalue weighted by molar-refractivity contribution is 0.446. The predicted octanol–water partition coefficient (Wildman–Crippen LogP) is 3.04. The fourth-order valence-corrected chi connectivity index (χ4v) is 2.70. The highest BCUT2D eigenvalue weighted by Crippen LogP contribution is 2.30. The summed E-state index contributed by atoms with van der Waals surface area (Å²) in [5, 5.41) is 0.790. The van der Waals surface area contributed by atoms with Gasteiger partial charge in [-0.1, -0.05) is 24.6 Å². The Kier molecular flexibility index (Phi) is 3.72. The Labute approximate surface area is 102 Å². The number of halogens is 1. The van der Waals surface area contributed by atoms with Crippen molar-refractivity contribution in [1.29, 1.82) is 0 Å². The van der Waals surface area contributed by atoms with Crippen LogP contribution in [0.25, 0.3) is 0 Å². The first kappa shape index (κ1) is 11.7. The summed E-state index contributed by atoms with van der Waals surface area (Å²) < 4.78 is 0. The van der Waals surface area contributed by atoms with Gasteiger partial charge in [-0.2, -0.15) is 0 Å². The van der Waals surface area contributed by atoms with Crippen molar-refractivity contribution in [2.24, 2.45) is 11.7 Å². The second kappa shape index (κ2) is 5.07. The van der Waals surface area contributed by atoms with Gasteiger partial charge >= 0.3 is 0 Å². The highest BCUT2D eigenvalue weighted by Gasteiger charge is 2.19. The van der Waals surface area contributed by atoms with Crippen LogP contribution in [0.2, 0.25) is 5.02 Å². The van der Waals surface area contributed by atoms with Crippen LogP contribution in [0.1, 0.15) is 25.3 Å². The number of nitrogens with two attached hydrogens (primary N) is 1. The van der Waals surface area contributed by atoms with Crippen LogP contribution in [-0.4, -0.2) is 13.1 Å². The molecule has 1 aromatic rings. The Hall–Kier alpha value is -0.730. The molecular formula is C13H19ClN2. The minimum absolute atomic E-state index is 0.514. The molecule has 2 rings (SSSR count). The monoisotopic (exact) mass is 238 g/mol. The Morgan fingerprint density at radius 2 is 2.31 bits per heavy atom. The van der Waals surface area contributed by atoms with Gasteiger partial charge in [0.05, 0.1) is 0 Å². The van der Waals surface area contributed by atoms with Gasteiger partial charge in [0.25, 0.3) is 0 Å². The van der Waals surface area contributed by atoms with E-state index in [1.54, 1.807) is 0 Å². The van der Waals surface area contributed by atoms with Gasteiger partial charge in [-0.15, -0.1) is 0 Å². The van der Waals surface area contributed by atoms with Gasteiger partial charge in [0.15, 0.2) is 0 Å². The van der Waals surface area contributed by atoms with Crippen molar-refractivity contribution >= 4 is 17.3 Å². The molecule has 2 nitrogen and oxygen atoms in total. The average molecular weight is 239 g/mol. The maximum atomic E-state index is 6.18.